The number of benzene rings is 1. The molecule has 3 rings (SSSR count). The number of fused-ring (bicyclic) bond motifs is 1. The standard InChI is InChI=1S/C24H32S2/c1-22(2,3)15-12-16(23(4,5)6)21(17(13-15)24(7,8)9)20-14-19-18(26-20)10-11-25-19/h10-14H,1-9H3. The fourth-order valence-electron chi connectivity index (χ4n) is 3.41. The van der Waals surface area contributed by atoms with Gasteiger partial charge in [0.05, 0.1) is 0 Å². The smallest absolute Gasteiger partial charge is 0.0457 e. The van der Waals surface area contributed by atoms with E-state index in [1.54, 1.807) is 0 Å². The predicted molar refractivity (Wildman–Crippen MR) is 121 cm³/mol. The lowest BCUT2D eigenvalue weighted by Crippen LogP contribution is -2.22. The molecule has 0 saturated carbocycles. The molecule has 0 aliphatic rings. The van der Waals surface area contributed by atoms with Gasteiger partial charge in [0, 0.05) is 14.3 Å². The third-order valence-corrected chi connectivity index (χ3v) is 7.12. The van der Waals surface area contributed by atoms with Crippen LogP contribution in [0, 0.1) is 0 Å². The van der Waals surface area contributed by atoms with Gasteiger partial charge in [-0.05, 0) is 56.0 Å². The zero-order chi connectivity index (χ0) is 19.5. The van der Waals surface area contributed by atoms with Crippen molar-refractivity contribution in [3.8, 4) is 10.4 Å². The molecule has 0 amide bonds. The van der Waals surface area contributed by atoms with Gasteiger partial charge in [0.1, 0.15) is 0 Å². The van der Waals surface area contributed by atoms with Crippen LogP contribution >= 0.6 is 22.7 Å². The first-order valence-corrected chi connectivity index (χ1v) is 11.1. The summed E-state index contributed by atoms with van der Waals surface area (Å²) in [6, 6.07) is 9.60. The van der Waals surface area contributed by atoms with Gasteiger partial charge in [-0.2, -0.15) is 0 Å². The van der Waals surface area contributed by atoms with Crippen LogP contribution in [-0.4, -0.2) is 0 Å². The molecule has 0 radical (unpaired) electrons. The molecule has 1 aromatic carbocycles. The average molecular weight is 385 g/mol. The lowest BCUT2D eigenvalue weighted by atomic mass is 9.72. The van der Waals surface area contributed by atoms with Gasteiger partial charge >= 0.3 is 0 Å². The lowest BCUT2D eigenvalue weighted by Gasteiger charge is -2.33. The van der Waals surface area contributed by atoms with Crippen molar-refractivity contribution in [3.63, 3.8) is 0 Å². The molecule has 2 aromatic heterocycles. The van der Waals surface area contributed by atoms with Gasteiger partial charge in [0.15, 0.2) is 0 Å². The van der Waals surface area contributed by atoms with Crippen LogP contribution in [-0.2, 0) is 16.2 Å². The molecule has 0 N–H and O–H groups in total. The molecule has 0 aliphatic carbocycles. The van der Waals surface area contributed by atoms with E-state index < -0.39 is 0 Å². The highest BCUT2D eigenvalue weighted by atomic mass is 32.1. The molecule has 0 bridgehead atoms. The normalized spacial score (nSPS) is 13.6. The molecule has 0 nitrogen and oxygen atoms in total. The SMILES string of the molecule is CC(C)(C)c1cc(C(C)(C)C)c(-c2cc3sccc3s2)c(C(C)(C)C)c1. The third kappa shape index (κ3) is 3.64. The summed E-state index contributed by atoms with van der Waals surface area (Å²) in [6.45, 7) is 21.1. The second kappa shape index (κ2) is 6.21. The summed E-state index contributed by atoms with van der Waals surface area (Å²) in [4.78, 5) is 1.42. The zero-order valence-corrected chi connectivity index (χ0v) is 19.3. The van der Waals surface area contributed by atoms with Gasteiger partial charge in [0.2, 0.25) is 0 Å². The molecule has 0 unspecified atom stereocenters. The van der Waals surface area contributed by atoms with Crippen LogP contribution in [0.25, 0.3) is 19.8 Å². The molecule has 3 aromatic rings. The number of rotatable bonds is 1. The first-order chi connectivity index (χ1) is 11.8. The first-order valence-electron chi connectivity index (χ1n) is 9.45. The van der Waals surface area contributed by atoms with E-state index in [0.717, 1.165) is 0 Å². The maximum Gasteiger partial charge on any atom is 0.0457 e. The minimum absolute atomic E-state index is 0.105. The zero-order valence-electron chi connectivity index (χ0n) is 17.7. The van der Waals surface area contributed by atoms with Gasteiger partial charge < -0.3 is 0 Å². The van der Waals surface area contributed by atoms with Crippen LogP contribution in [0.15, 0.2) is 29.6 Å². The third-order valence-electron chi connectivity index (χ3n) is 5.01. The summed E-state index contributed by atoms with van der Waals surface area (Å²) in [7, 11) is 0. The van der Waals surface area contributed by atoms with E-state index in [9.17, 15) is 0 Å². The molecule has 0 saturated heterocycles. The molecule has 0 aliphatic heterocycles. The van der Waals surface area contributed by atoms with Crippen molar-refractivity contribution in [1.82, 2.24) is 0 Å². The Kier molecular flexibility index (Phi) is 4.69. The second-order valence-electron chi connectivity index (χ2n) is 10.5. The van der Waals surface area contributed by atoms with Crippen molar-refractivity contribution in [2.75, 3.05) is 0 Å². The van der Waals surface area contributed by atoms with Crippen molar-refractivity contribution in [3.05, 3.63) is 46.3 Å². The van der Waals surface area contributed by atoms with E-state index >= 15 is 0 Å². The van der Waals surface area contributed by atoms with Crippen molar-refractivity contribution in [2.24, 2.45) is 0 Å². The fraction of sp³-hybridized carbons (Fsp3) is 0.500. The van der Waals surface area contributed by atoms with Crippen LogP contribution in [0.2, 0.25) is 0 Å². The van der Waals surface area contributed by atoms with E-state index in [-0.39, 0.29) is 16.2 Å². The van der Waals surface area contributed by atoms with Crippen molar-refractivity contribution >= 4 is 32.1 Å². The quantitative estimate of drug-likeness (QED) is 0.394. The van der Waals surface area contributed by atoms with E-state index in [1.165, 1.54) is 36.5 Å². The van der Waals surface area contributed by atoms with Crippen LogP contribution in [0.1, 0.15) is 79.0 Å². The Labute approximate surface area is 167 Å². The maximum absolute atomic E-state index is 2.47. The molecule has 0 fully saturated rings. The van der Waals surface area contributed by atoms with Crippen molar-refractivity contribution in [1.29, 1.82) is 0 Å². The predicted octanol–water partition coefficient (Wildman–Crippen LogP) is 8.52. The summed E-state index contributed by atoms with van der Waals surface area (Å²) >= 11 is 3.79. The van der Waals surface area contributed by atoms with Crippen molar-refractivity contribution < 1.29 is 0 Å². The van der Waals surface area contributed by atoms with E-state index in [0.29, 0.717) is 0 Å². The molecule has 26 heavy (non-hydrogen) atoms. The molecule has 2 heteroatoms. The Morgan fingerprint density at radius 1 is 0.654 bits per heavy atom. The molecule has 140 valence electrons. The summed E-state index contributed by atoms with van der Waals surface area (Å²) in [5.41, 5.74) is 6.21. The summed E-state index contributed by atoms with van der Waals surface area (Å²) in [5, 5.41) is 2.20. The summed E-state index contributed by atoms with van der Waals surface area (Å²) in [6.07, 6.45) is 0. The molecular formula is C24H32S2. The minimum Gasteiger partial charge on any atom is -0.143 e. The number of hydrogen-bond donors (Lipinski definition) is 0. The molecular weight excluding hydrogens is 352 g/mol. The number of thiophene rings is 2. The number of hydrogen-bond acceptors (Lipinski definition) is 2. The fourth-order valence-corrected chi connectivity index (χ4v) is 5.59. The first kappa shape index (κ1) is 19.6. The summed E-state index contributed by atoms with van der Waals surface area (Å²) in [5.74, 6) is 0. The monoisotopic (exact) mass is 384 g/mol. The highest BCUT2D eigenvalue weighted by Gasteiger charge is 2.30. The van der Waals surface area contributed by atoms with E-state index in [4.69, 9.17) is 0 Å². The second-order valence-corrected chi connectivity index (χ2v) is 12.5. The Hall–Kier alpha value is -1.12. The average Bonchev–Trinajstić information content (AvgIpc) is 3.03. The van der Waals surface area contributed by atoms with Crippen LogP contribution < -0.4 is 0 Å². The Morgan fingerprint density at radius 2 is 1.19 bits per heavy atom. The van der Waals surface area contributed by atoms with Crippen LogP contribution in [0.3, 0.4) is 0 Å². The van der Waals surface area contributed by atoms with Gasteiger partial charge in [-0.1, -0.05) is 74.4 Å². The van der Waals surface area contributed by atoms with Crippen molar-refractivity contribution in [2.45, 2.75) is 78.6 Å². The molecule has 2 heterocycles. The van der Waals surface area contributed by atoms with E-state index in [2.05, 4.69) is 92.0 Å². The van der Waals surface area contributed by atoms with Gasteiger partial charge in [-0.15, -0.1) is 22.7 Å². The molecule has 0 spiro atoms. The van der Waals surface area contributed by atoms with Crippen LogP contribution in [0.4, 0.5) is 0 Å². The Morgan fingerprint density at radius 3 is 1.62 bits per heavy atom. The molecule has 0 atom stereocenters. The largest absolute Gasteiger partial charge is 0.143 e. The summed E-state index contributed by atoms with van der Waals surface area (Å²) < 4.78 is 2.81. The van der Waals surface area contributed by atoms with Gasteiger partial charge in [-0.3, -0.25) is 0 Å². The highest BCUT2D eigenvalue weighted by molar-refractivity contribution is 7.28. The maximum atomic E-state index is 2.47. The van der Waals surface area contributed by atoms with E-state index in [1.807, 2.05) is 22.7 Å². The van der Waals surface area contributed by atoms with Gasteiger partial charge in [-0.25, -0.2) is 0 Å². The highest BCUT2D eigenvalue weighted by Crippen LogP contribution is 2.47. The minimum atomic E-state index is 0.105. The Bertz CT molecular complexity index is 868. The lowest BCUT2D eigenvalue weighted by molar-refractivity contribution is 0.551. The Balaban J connectivity index is 2.41. The van der Waals surface area contributed by atoms with Crippen LogP contribution in [0.5, 0.6) is 0 Å². The van der Waals surface area contributed by atoms with Gasteiger partial charge in [0.25, 0.3) is 0 Å². The topological polar surface area (TPSA) is 0 Å².